The molecule has 0 bridgehead atoms. The van der Waals surface area contributed by atoms with E-state index in [2.05, 4.69) is 37.9 Å². The zero-order valence-corrected chi connectivity index (χ0v) is 15.0. The minimum atomic E-state index is 0.895. The number of hydrogen-bond acceptors (Lipinski definition) is 6. The van der Waals surface area contributed by atoms with E-state index in [1.54, 1.807) is 0 Å². The summed E-state index contributed by atoms with van der Waals surface area (Å²) in [6.07, 6.45) is 8.44. The predicted octanol–water partition coefficient (Wildman–Crippen LogP) is 1.40. The summed E-state index contributed by atoms with van der Waals surface area (Å²) < 4.78 is 2.04. The third-order valence-corrected chi connectivity index (χ3v) is 5.12. The Balaban J connectivity index is 1.30. The molecule has 0 aliphatic carbocycles. The average molecular weight is 341 g/mol. The number of piperazine rings is 1. The van der Waals surface area contributed by atoms with E-state index in [1.807, 2.05) is 23.1 Å². The molecule has 2 aliphatic heterocycles. The van der Waals surface area contributed by atoms with E-state index in [1.165, 1.54) is 18.4 Å². The predicted molar refractivity (Wildman–Crippen MR) is 99.1 cm³/mol. The zero-order valence-electron chi connectivity index (χ0n) is 15.0. The molecule has 0 spiro atoms. The van der Waals surface area contributed by atoms with Crippen molar-refractivity contribution in [3.8, 4) is 0 Å². The van der Waals surface area contributed by atoms with Crippen molar-refractivity contribution in [2.75, 3.05) is 55.6 Å². The quantitative estimate of drug-likeness (QED) is 0.819. The molecule has 7 nitrogen and oxygen atoms in total. The van der Waals surface area contributed by atoms with Gasteiger partial charge in [0.1, 0.15) is 5.82 Å². The molecule has 0 radical (unpaired) electrons. The summed E-state index contributed by atoms with van der Waals surface area (Å²) in [5, 5.41) is 4.37. The lowest BCUT2D eigenvalue weighted by Gasteiger charge is -2.35. The Morgan fingerprint density at radius 3 is 2.48 bits per heavy atom. The van der Waals surface area contributed by atoms with Gasteiger partial charge in [0, 0.05) is 58.2 Å². The average Bonchev–Trinajstić information content (AvgIpc) is 3.32. The third-order valence-electron chi connectivity index (χ3n) is 5.12. The molecule has 7 heteroatoms. The van der Waals surface area contributed by atoms with E-state index in [-0.39, 0.29) is 0 Å². The highest BCUT2D eigenvalue weighted by molar-refractivity contribution is 5.44. The molecule has 0 unspecified atom stereocenters. The normalized spacial score (nSPS) is 18.9. The molecule has 0 saturated carbocycles. The maximum absolute atomic E-state index is 4.81. The minimum Gasteiger partial charge on any atom is -0.354 e. The van der Waals surface area contributed by atoms with Crippen molar-refractivity contribution in [2.24, 2.45) is 0 Å². The molecule has 2 aromatic rings. The molecule has 2 fully saturated rings. The summed E-state index contributed by atoms with van der Waals surface area (Å²) in [6.45, 7) is 10.5. The van der Waals surface area contributed by atoms with Gasteiger partial charge < -0.3 is 9.80 Å². The lowest BCUT2D eigenvalue weighted by molar-refractivity contribution is 0.244. The second-order valence-corrected chi connectivity index (χ2v) is 7.02. The Labute approximate surface area is 149 Å². The molecular formula is C18H27N7. The first-order valence-corrected chi connectivity index (χ1v) is 9.32. The first-order valence-electron chi connectivity index (χ1n) is 9.32. The monoisotopic (exact) mass is 341 g/mol. The van der Waals surface area contributed by atoms with Crippen LogP contribution in [0.2, 0.25) is 0 Å². The van der Waals surface area contributed by atoms with E-state index in [9.17, 15) is 0 Å². The van der Waals surface area contributed by atoms with E-state index in [0.29, 0.717) is 0 Å². The molecule has 4 heterocycles. The second kappa shape index (κ2) is 7.39. The van der Waals surface area contributed by atoms with Crippen molar-refractivity contribution in [1.29, 1.82) is 0 Å². The molecule has 25 heavy (non-hydrogen) atoms. The molecule has 134 valence electrons. The molecule has 0 N–H and O–H groups in total. The summed E-state index contributed by atoms with van der Waals surface area (Å²) in [7, 11) is 0. The Kier molecular flexibility index (Phi) is 4.83. The number of anilines is 2. The van der Waals surface area contributed by atoms with Gasteiger partial charge in [0.15, 0.2) is 0 Å². The van der Waals surface area contributed by atoms with E-state index in [4.69, 9.17) is 4.98 Å². The van der Waals surface area contributed by atoms with Crippen molar-refractivity contribution >= 4 is 11.8 Å². The van der Waals surface area contributed by atoms with Gasteiger partial charge >= 0.3 is 0 Å². The topological polar surface area (TPSA) is 53.3 Å². The maximum Gasteiger partial charge on any atom is 0.227 e. The van der Waals surface area contributed by atoms with Crippen LogP contribution in [-0.4, -0.2) is 70.5 Å². The fourth-order valence-corrected chi connectivity index (χ4v) is 3.62. The number of aromatic nitrogens is 4. The minimum absolute atomic E-state index is 0.895. The van der Waals surface area contributed by atoms with Crippen LogP contribution in [0.1, 0.15) is 18.4 Å². The highest BCUT2D eigenvalue weighted by Crippen LogP contribution is 2.19. The fraction of sp³-hybridized carbons (Fsp3) is 0.611. The van der Waals surface area contributed by atoms with Crippen LogP contribution in [-0.2, 0) is 6.54 Å². The Morgan fingerprint density at radius 2 is 1.76 bits per heavy atom. The molecule has 4 rings (SSSR count). The van der Waals surface area contributed by atoms with Crippen LogP contribution in [0.3, 0.4) is 0 Å². The Hall–Kier alpha value is -2.15. The smallest absolute Gasteiger partial charge is 0.227 e. The van der Waals surface area contributed by atoms with E-state index < -0.39 is 0 Å². The standard InChI is InChI=1S/C18H27N7/c1-16-14-20-25(15-16)13-10-22-8-11-23(12-9-22)17-4-5-19-18(21-17)24-6-2-3-7-24/h4-5,14-15H,2-3,6-13H2,1H3. The molecule has 0 atom stereocenters. The molecule has 2 aliphatic rings. The lowest BCUT2D eigenvalue weighted by Crippen LogP contribution is -2.47. The van der Waals surface area contributed by atoms with Crippen LogP contribution >= 0.6 is 0 Å². The third kappa shape index (κ3) is 3.92. The van der Waals surface area contributed by atoms with Gasteiger partial charge in [-0.05, 0) is 31.4 Å². The van der Waals surface area contributed by atoms with Crippen molar-refractivity contribution < 1.29 is 0 Å². The van der Waals surface area contributed by atoms with E-state index in [0.717, 1.165) is 64.1 Å². The van der Waals surface area contributed by atoms with Gasteiger partial charge in [-0.15, -0.1) is 0 Å². The summed E-state index contributed by atoms with van der Waals surface area (Å²) in [6, 6.07) is 2.04. The van der Waals surface area contributed by atoms with Crippen molar-refractivity contribution in [1.82, 2.24) is 24.6 Å². The van der Waals surface area contributed by atoms with Gasteiger partial charge in [0.25, 0.3) is 0 Å². The van der Waals surface area contributed by atoms with Gasteiger partial charge in [-0.1, -0.05) is 0 Å². The second-order valence-electron chi connectivity index (χ2n) is 7.02. The zero-order chi connectivity index (χ0) is 17.1. The van der Waals surface area contributed by atoms with Crippen molar-refractivity contribution in [2.45, 2.75) is 26.3 Å². The van der Waals surface area contributed by atoms with Crippen LogP contribution < -0.4 is 9.80 Å². The largest absolute Gasteiger partial charge is 0.354 e. The first-order chi connectivity index (χ1) is 12.3. The van der Waals surface area contributed by atoms with E-state index >= 15 is 0 Å². The Morgan fingerprint density at radius 1 is 0.960 bits per heavy atom. The molecular weight excluding hydrogens is 314 g/mol. The van der Waals surface area contributed by atoms with Gasteiger partial charge in [0.05, 0.1) is 12.7 Å². The highest BCUT2D eigenvalue weighted by atomic mass is 15.3. The summed E-state index contributed by atoms with van der Waals surface area (Å²) >= 11 is 0. The first kappa shape index (κ1) is 16.3. The molecule has 0 amide bonds. The summed E-state index contributed by atoms with van der Waals surface area (Å²) in [4.78, 5) is 16.5. The number of rotatable bonds is 5. The SMILES string of the molecule is Cc1cnn(CCN2CCN(c3ccnc(N4CCCC4)n3)CC2)c1. The van der Waals surface area contributed by atoms with Gasteiger partial charge in [0.2, 0.25) is 5.95 Å². The molecule has 2 aromatic heterocycles. The Bertz CT molecular complexity index is 684. The molecule has 0 aromatic carbocycles. The summed E-state index contributed by atoms with van der Waals surface area (Å²) in [5.74, 6) is 1.96. The van der Waals surface area contributed by atoms with Crippen LogP contribution in [0.4, 0.5) is 11.8 Å². The number of hydrogen-bond donors (Lipinski definition) is 0. The van der Waals surface area contributed by atoms with Crippen LogP contribution in [0, 0.1) is 6.92 Å². The van der Waals surface area contributed by atoms with Crippen LogP contribution in [0.15, 0.2) is 24.7 Å². The number of nitrogens with zero attached hydrogens (tertiary/aromatic N) is 7. The lowest BCUT2D eigenvalue weighted by atomic mass is 10.3. The fourth-order valence-electron chi connectivity index (χ4n) is 3.62. The molecule has 2 saturated heterocycles. The highest BCUT2D eigenvalue weighted by Gasteiger charge is 2.20. The van der Waals surface area contributed by atoms with Crippen LogP contribution in [0.25, 0.3) is 0 Å². The number of aryl methyl sites for hydroxylation is 1. The summed E-state index contributed by atoms with van der Waals surface area (Å²) in [5.41, 5.74) is 1.22. The maximum atomic E-state index is 4.81. The van der Waals surface area contributed by atoms with Gasteiger partial charge in [-0.2, -0.15) is 10.1 Å². The van der Waals surface area contributed by atoms with Crippen molar-refractivity contribution in [3.63, 3.8) is 0 Å². The van der Waals surface area contributed by atoms with Gasteiger partial charge in [-0.25, -0.2) is 4.98 Å². The van der Waals surface area contributed by atoms with Crippen molar-refractivity contribution in [3.05, 3.63) is 30.2 Å². The van der Waals surface area contributed by atoms with Crippen LogP contribution in [0.5, 0.6) is 0 Å². The van der Waals surface area contributed by atoms with Gasteiger partial charge in [-0.3, -0.25) is 9.58 Å².